The molecule has 10 heteroatoms. The highest BCUT2D eigenvalue weighted by Crippen LogP contribution is 2.33. The third-order valence-corrected chi connectivity index (χ3v) is 10.7. The minimum atomic E-state index is -1.38. The van der Waals surface area contributed by atoms with Crippen molar-refractivity contribution >= 4 is 35.2 Å². The summed E-state index contributed by atoms with van der Waals surface area (Å²) in [6, 6.07) is -1.08. The molecule has 9 atom stereocenters. The quantitative estimate of drug-likeness (QED) is 0.0558. The molecule has 0 bridgehead atoms. The molecule has 0 aromatic heterocycles. The summed E-state index contributed by atoms with van der Waals surface area (Å²) >= 11 is 7.83. The molecule has 8 nitrogen and oxygen atoms in total. The van der Waals surface area contributed by atoms with E-state index in [1.54, 1.807) is 13.2 Å². The van der Waals surface area contributed by atoms with Crippen molar-refractivity contribution in [1.29, 1.82) is 0 Å². The molecule has 264 valence electrons. The van der Waals surface area contributed by atoms with Crippen molar-refractivity contribution in [2.24, 2.45) is 5.92 Å². The smallest absolute Gasteiger partial charge is 0.306 e. The molecule has 4 N–H and O–H groups in total. The van der Waals surface area contributed by atoms with Gasteiger partial charge >= 0.3 is 5.97 Å². The zero-order valence-electron chi connectivity index (χ0n) is 28.7. The molecule has 2 fully saturated rings. The van der Waals surface area contributed by atoms with E-state index < -0.39 is 47.2 Å². The molecule has 0 spiro atoms. The summed E-state index contributed by atoms with van der Waals surface area (Å²) in [5.41, 5.74) is -0.704. The molecule has 2 rings (SSSR count). The van der Waals surface area contributed by atoms with Crippen LogP contribution in [-0.4, -0.2) is 82.2 Å². The first-order valence-corrected chi connectivity index (χ1v) is 19.9. The van der Waals surface area contributed by atoms with E-state index in [2.05, 4.69) is 24.5 Å². The van der Waals surface area contributed by atoms with E-state index in [0.29, 0.717) is 5.92 Å². The van der Waals surface area contributed by atoms with Gasteiger partial charge in [-0.15, -0.1) is 23.4 Å². The van der Waals surface area contributed by atoms with Gasteiger partial charge in [0.1, 0.15) is 23.7 Å². The first-order valence-electron chi connectivity index (χ1n) is 18.1. The lowest BCUT2D eigenvalue weighted by atomic mass is 9.92. The molecule has 2 aliphatic rings. The van der Waals surface area contributed by atoms with Crippen molar-refractivity contribution in [3.8, 4) is 0 Å². The van der Waals surface area contributed by atoms with Gasteiger partial charge in [0.15, 0.2) is 6.10 Å². The Kier molecular flexibility index (Phi) is 21.4. The van der Waals surface area contributed by atoms with Crippen LogP contribution in [0.15, 0.2) is 0 Å². The van der Waals surface area contributed by atoms with Crippen molar-refractivity contribution in [1.82, 2.24) is 10.6 Å². The lowest BCUT2D eigenvalue weighted by molar-refractivity contribution is -0.218. The monoisotopic (exact) mass is 676 g/mol. The number of unbranched alkanes of at least 4 members (excludes halogenated alkanes) is 12. The Hall–Kier alpha value is -0.580. The van der Waals surface area contributed by atoms with E-state index in [1.807, 2.05) is 0 Å². The van der Waals surface area contributed by atoms with Gasteiger partial charge < -0.3 is 30.3 Å². The van der Waals surface area contributed by atoms with E-state index in [9.17, 15) is 19.8 Å². The van der Waals surface area contributed by atoms with E-state index in [1.165, 1.54) is 82.4 Å². The van der Waals surface area contributed by atoms with Crippen LogP contribution in [-0.2, 0) is 19.1 Å². The number of ether oxygens (including phenoxy) is 2. The Bertz CT molecular complexity index is 806. The van der Waals surface area contributed by atoms with Crippen molar-refractivity contribution in [2.45, 2.75) is 190 Å². The van der Waals surface area contributed by atoms with Gasteiger partial charge in [-0.05, 0) is 51.3 Å². The number of hydrogen-bond acceptors (Lipinski definition) is 8. The second-order valence-corrected chi connectivity index (χ2v) is 15.0. The van der Waals surface area contributed by atoms with Gasteiger partial charge in [-0.25, -0.2) is 0 Å². The summed E-state index contributed by atoms with van der Waals surface area (Å²) in [6.45, 7) is 6.96. The molecule has 1 amide bonds. The highest BCUT2D eigenvalue weighted by molar-refractivity contribution is 7.99. The third-order valence-electron chi connectivity index (χ3n) is 9.54. The molecule has 0 aromatic carbocycles. The number of carbonyl (C=O) groups is 2. The molecule has 0 aliphatic carbocycles. The SMILES string of the molecule is CCCCCCCCCCCCCCCC(=O)OC1C(SC)OC(C(NC(=O)C2CCC(CCC)CCN2)C(C)Cl)C(O)C1O. The van der Waals surface area contributed by atoms with Crippen molar-refractivity contribution in [3.05, 3.63) is 0 Å². The number of rotatable bonds is 22. The van der Waals surface area contributed by atoms with Gasteiger partial charge in [-0.1, -0.05) is 104 Å². The number of hydrogen-bond donors (Lipinski definition) is 4. The summed E-state index contributed by atoms with van der Waals surface area (Å²) in [5, 5.41) is 28.0. The fraction of sp³-hybridized carbons (Fsp3) is 0.943. The van der Waals surface area contributed by atoms with Crippen molar-refractivity contribution < 1.29 is 29.3 Å². The second kappa shape index (κ2) is 23.7. The number of esters is 1. The predicted octanol–water partition coefficient (Wildman–Crippen LogP) is 6.86. The number of carbonyl (C=O) groups excluding carboxylic acids is 2. The molecule has 0 aromatic rings. The van der Waals surface area contributed by atoms with Gasteiger partial charge in [0.25, 0.3) is 0 Å². The van der Waals surface area contributed by atoms with Crippen LogP contribution >= 0.6 is 23.4 Å². The Morgan fingerprint density at radius 2 is 1.51 bits per heavy atom. The number of thioether (sulfide) groups is 1. The Balaban J connectivity index is 1.76. The Labute approximate surface area is 283 Å². The number of alkyl halides is 1. The van der Waals surface area contributed by atoms with Crippen LogP contribution in [0, 0.1) is 5.92 Å². The minimum absolute atomic E-state index is 0.179. The van der Waals surface area contributed by atoms with Gasteiger partial charge in [0.05, 0.1) is 17.5 Å². The van der Waals surface area contributed by atoms with E-state index in [4.69, 9.17) is 21.1 Å². The molecule has 2 saturated heterocycles. The second-order valence-electron chi connectivity index (χ2n) is 13.4. The zero-order valence-corrected chi connectivity index (χ0v) is 30.2. The maximum absolute atomic E-state index is 13.3. The normalized spacial score (nSPS) is 28.6. The fourth-order valence-electron chi connectivity index (χ4n) is 6.73. The third kappa shape index (κ3) is 15.0. The number of halogens is 1. The van der Waals surface area contributed by atoms with Crippen LogP contribution in [0.3, 0.4) is 0 Å². The topological polar surface area (TPSA) is 117 Å². The number of aliphatic hydroxyl groups excluding tert-OH is 2. The average Bonchev–Trinajstić information content (AvgIpc) is 3.26. The largest absolute Gasteiger partial charge is 0.456 e. The molecule has 9 unspecified atom stereocenters. The highest BCUT2D eigenvalue weighted by Gasteiger charge is 2.50. The van der Waals surface area contributed by atoms with Crippen LogP contribution in [0.1, 0.15) is 143 Å². The summed E-state index contributed by atoms with van der Waals surface area (Å²) < 4.78 is 11.9. The average molecular weight is 677 g/mol. The van der Waals surface area contributed by atoms with E-state index in [0.717, 1.165) is 51.5 Å². The Morgan fingerprint density at radius 3 is 2.07 bits per heavy atom. The predicted molar refractivity (Wildman–Crippen MR) is 186 cm³/mol. The molecule has 2 heterocycles. The molecular formula is C35H65ClN2O6S. The fourth-order valence-corrected chi connectivity index (χ4v) is 7.66. The minimum Gasteiger partial charge on any atom is -0.456 e. The highest BCUT2D eigenvalue weighted by atomic mass is 35.5. The number of amides is 1. The van der Waals surface area contributed by atoms with Gasteiger partial charge in [0, 0.05) is 6.42 Å². The first kappa shape index (κ1) is 40.6. The standard InChI is InChI=1S/C35H65ClN2O6S/c1-5-7-8-9-10-11-12-13-14-15-16-17-18-20-28(39)43-33-31(41)30(40)32(44-35(33)45-4)29(25(3)36)38-34(42)27-22-21-26(19-6-2)23-24-37-27/h25-27,29-33,35,37,40-41H,5-24H2,1-4H3,(H,38,42). The lowest BCUT2D eigenvalue weighted by Crippen LogP contribution is -2.65. The maximum atomic E-state index is 13.3. The molecule has 0 saturated carbocycles. The van der Waals surface area contributed by atoms with E-state index >= 15 is 0 Å². The molecular weight excluding hydrogens is 612 g/mol. The molecule has 45 heavy (non-hydrogen) atoms. The number of aliphatic hydroxyl groups is 2. The first-order chi connectivity index (χ1) is 21.7. The summed E-state index contributed by atoms with van der Waals surface area (Å²) in [4.78, 5) is 26.0. The van der Waals surface area contributed by atoms with Crippen LogP contribution in [0.2, 0.25) is 0 Å². The molecule has 2 aliphatic heterocycles. The lowest BCUT2D eigenvalue weighted by Gasteiger charge is -2.45. The maximum Gasteiger partial charge on any atom is 0.306 e. The van der Waals surface area contributed by atoms with Crippen LogP contribution in [0.5, 0.6) is 0 Å². The Morgan fingerprint density at radius 1 is 0.911 bits per heavy atom. The number of nitrogens with one attached hydrogen (secondary N) is 2. The van der Waals surface area contributed by atoms with Crippen molar-refractivity contribution in [2.75, 3.05) is 12.8 Å². The molecule has 0 radical (unpaired) electrons. The van der Waals surface area contributed by atoms with Gasteiger partial charge in [0.2, 0.25) is 5.91 Å². The van der Waals surface area contributed by atoms with Gasteiger partial charge in [-0.3, -0.25) is 9.59 Å². The zero-order chi connectivity index (χ0) is 33.0. The summed E-state index contributed by atoms with van der Waals surface area (Å²) in [6.07, 6.45) is 18.4. The van der Waals surface area contributed by atoms with Crippen LogP contribution in [0.4, 0.5) is 0 Å². The van der Waals surface area contributed by atoms with E-state index in [-0.39, 0.29) is 18.4 Å². The summed E-state index contributed by atoms with van der Waals surface area (Å²) in [7, 11) is 0. The van der Waals surface area contributed by atoms with Crippen LogP contribution in [0.25, 0.3) is 0 Å². The van der Waals surface area contributed by atoms with Gasteiger partial charge in [-0.2, -0.15) is 0 Å². The van der Waals surface area contributed by atoms with Crippen LogP contribution < -0.4 is 10.6 Å². The summed E-state index contributed by atoms with van der Waals surface area (Å²) in [5.74, 6) is 0.0435. The van der Waals surface area contributed by atoms with Crippen molar-refractivity contribution in [3.63, 3.8) is 0 Å².